The summed E-state index contributed by atoms with van der Waals surface area (Å²) in [5.41, 5.74) is 3.03. The quantitative estimate of drug-likeness (QED) is 0.856. The highest BCUT2D eigenvalue weighted by molar-refractivity contribution is 5.86. The van der Waals surface area contributed by atoms with E-state index in [4.69, 9.17) is 0 Å². The summed E-state index contributed by atoms with van der Waals surface area (Å²) in [4.78, 5) is 27.5. The molecule has 0 aliphatic carbocycles. The smallest absolute Gasteiger partial charge is 0.243 e. The van der Waals surface area contributed by atoms with Crippen LogP contribution < -0.4 is 10.6 Å². The third-order valence-corrected chi connectivity index (χ3v) is 3.17. The van der Waals surface area contributed by atoms with Crippen LogP contribution in [0.15, 0.2) is 12.3 Å². The van der Waals surface area contributed by atoms with E-state index in [2.05, 4.69) is 15.6 Å². The van der Waals surface area contributed by atoms with Crippen molar-refractivity contribution in [1.29, 1.82) is 0 Å². The number of nitrogens with one attached hydrogen (secondary N) is 2. The summed E-state index contributed by atoms with van der Waals surface area (Å²) in [6, 6.07) is 1.50. The van der Waals surface area contributed by atoms with Gasteiger partial charge < -0.3 is 10.6 Å². The molecule has 0 radical (unpaired) electrons. The van der Waals surface area contributed by atoms with Gasteiger partial charge >= 0.3 is 0 Å². The first kappa shape index (κ1) is 16.1. The molecule has 0 aromatic carbocycles. The summed E-state index contributed by atoms with van der Waals surface area (Å²) < 4.78 is 0. The van der Waals surface area contributed by atoms with Crippen LogP contribution in [0.1, 0.15) is 37.6 Å². The summed E-state index contributed by atoms with van der Waals surface area (Å²) >= 11 is 0. The second-order valence-corrected chi connectivity index (χ2v) is 5.39. The molecule has 0 fully saturated rings. The van der Waals surface area contributed by atoms with Crippen LogP contribution in [-0.4, -0.2) is 22.8 Å². The van der Waals surface area contributed by atoms with E-state index < -0.39 is 6.04 Å². The number of nitrogens with zero attached hydrogens (tertiary/aromatic N) is 1. The Morgan fingerprint density at radius 2 is 1.95 bits per heavy atom. The van der Waals surface area contributed by atoms with E-state index in [1.165, 1.54) is 6.92 Å². The normalized spacial score (nSPS) is 12.1. The number of rotatable bonds is 5. The molecule has 20 heavy (non-hydrogen) atoms. The summed E-state index contributed by atoms with van der Waals surface area (Å²) in [6.07, 6.45) is 1.76. The first-order valence-corrected chi connectivity index (χ1v) is 6.78. The van der Waals surface area contributed by atoms with Crippen molar-refractivity contribution >= 4 is 11.8 Å². The van der Waals surface area contributed by atoms with Gasteiger partial charge in [-0.05, 0) is 30.9 Å². The predicted molar refractivity (Wildman–Crippen MR) is 78.0 cm³/mol. The third-order valence-electron chi connectivity index (χ3n) is 3.17. The third kappa shape index (κ3) is 4.64. The molecule has 0 spiro atoms. The topological polar surface area (TPSA) is 71.1 Å². The number of hydrogen-bond acceptors (Lipinski definition) is 3. The van der Waals surface area contributed by atoms with Crippen molar-refractivity contribution in [2.75, 3.05) is 0 Å². The summed E-state index contributed by atoms with van der Waals surface area (Å²) in [5.74, 6) is -0.336. The molecule has 110 valence electrons. The molecule has 0 aliphatic rings. The van der Waals surface area contributed by atoms with Gasteiger partial charge in [-0.1, -0.05) is 19.9 Å². The van der Waals surface area contributed by atoms with Crippen LogP contribution in [0, 0.1) is 19.8 Å². The van der Waals surface area contributed by atoms with Crippen molar-refractivity contribution in [1.82, 2.24) is 15.6 Å². The van der Waals surface area contributed by atoms with Gasteiger partial charge in [-0.2, -0.15) is 0 Å². The predicted octanol–water partition coefficient (Wildman–Crippen LogP) is 1.48. The zero-order chi connectivity index (χ0) is 15.3. The van der Waals surface area contributed by atoms with Crippen LogP contribution in [0.5, 0.6) is 0 Å². The van der Waals surface area contributed by atoms with Crippen molar-refractivity contribution in [3.05, 3.63) is 29.1 Å². The Hall–Kier alpha value is -1.91. The van der Waals surface area contributed by atoms with E-state index in [1.54, 1.807) is 6.20 Å². The Morgan fingerprint density at radius 3 is 2.45 bits per heavy atom. The fraction of sp³-hybridized carbons (Fsp3) is 0.533. The lowest BCUT2D eigenvalue weighted by atomic mass is 10.0. The fourth-order valence-corrected chi connectivity index (χ4v) is 1.85. The zero-order valence-corrected chi connectivity index (χ0v) is 12.8. The minimum Gasteiger partial charge on any atom is -0.350 e. The minimum atomic E-state index is -0.507. The van der Waals surface area contributed by atoms with Gasteiger partial charge in [0.05, 0.1) is 0 Å². The molecule has 2 amide bonds. The van der Waals surface area contributed by atoms with Crippen molar-refractivity contribution < 1.29 is 9.59 Å². The lowest BCUT2D eigenvalue weighted by Crippen LogP contribution is -2.48. The van der Waals surface area contributed by atoms with Crippen LogP contribution in [-0.2, 0) is 16.1 Å². The van der Waals surface area contributed by atoms with Crippen molar-refractivity contribution in [3.8, 4) is 0 Å². The Bertz CT molecular complexity index is 498. The lowest BCUT2D eigenvalue weighted by Gasteiger charge is -2.21. The van der Waals surface area contributed by atoms with Crippen LogP contribution in [0.3, 0.4) is 0 Å². The van der Waals surface area contributed by atoms with Gasteiger partial charge in [-0.25, -0.2) is 0 Å². The molecule has 1 aromatic rings. The molecule has 0 unspecified atom stereocenters. The zero-order valence-electron chi connectivity index (χ0n) is 12.8. The van der Waals surface area contributed by atoms with Crippen molar-refractivity contribution in [2.24, 2.45) is 5.92 Å². The molecular formula is C15H23N3O2. The maximum absolute atomic E-state index is 12.1. The van der Waals surface area contributed by atoms with Gasteiger partial charge in [-0.15, -0.1) is 0 Å². The first-order valence-electron chi connectivity index (χ1n) is 6.78. The number of amides is 2. The lowest BCUT2D eigenvalue weighted by molar-refractivity contribution is -0.129. The summed E-state index contributed by atoms with van der Waals surface area (Å²) in [6.45, 7) is 9.56. The number of carbonyl (C=O) groups is 2. The molecule has 1 atom stereocenters. The highest BCUT2D eigenvalue weighted by atomic mass is 16.2. The number of aromatic nitrogens is 1. The summed E-state index contributed by atoms with van der Waals surface area (Å²) in [5, 5.41) is 5.51. The van der Waals surface area contributed by atoms with E-state index in [1.807, 2.05) is 33.8 Å². The molecule has 0 bridgehead atoms. The molecule has 0 saturated heterocycles. The van der Waals surface area contributed by atoms with E-state index in [9.17, 15) is 9.59 Å². The monoisotopic (exact) mass is 277 g/mol. The maximum Gasteiger partial charge on any atom is 0.243 e. The largest absolute Gasteiger partial charge is 0.350 e. The standard InChI is InChI=1S/C15H23N3O2/c1-9(2)14(18-12(5)19)15(20)17-8-13-6-10(3)11(4)16-7-13/h6-7,9,14H,8H2,1-5H3,(H,17,20)(H,18,19)/t14-/m1/s1. The van der Waals surface area contributed by atoms with Crippen LogP contribution >= 0.6 is 0 Å². The molecule has 2 N–H and O–H groups in total. The van der Waals surface area contributed by atoms with Gasteiger partial charge in [0.2, 0.25) is 11.8 Å². The van der Waals surface area contributed by atoms with Gasteiger partial charge in [0.15, 0.2) is 0 Å². The van der Waals surface area contributed by atoms with Gasteiger partial charge in [0, 0.05) is 25.4 Å². The number of carbonyl (C=O) groups excluding carboxylic acids is 2. The molecule has 1 heterocycles. The number of pyridine rings is 1. The van der Waals surface area contributed by atoms with Crippen LogP contribution in [0.4, 0.5) is 0 Å². The number of aryl methyl sites for hydroxylation is 2. The van der Waals surface area contributed by atoms with Crippen LogP contribution in [0.25, 0.3) is 0 Å². The average Bonchev–Trinajstić information content (AvgIpc) is 2.36. The highest BCUT2D eigenvalue weighted by Crippen LogP contribution is 2.07. The fourth-order valence-electron chi connectivity index (χ4n) is 1.85. The van der Waals surface area contributed by atoms with Gasteiger partial charge in [0.1, 0.15) is 6.04 Å². The van der Waals surface area contributed by atoms with Crippen molar-refractivity contribution in [3.63, 3.8) is 0 Å². The van der Waals surface area contributed by atoms with Gasteiger partial charge in [0.25, 0.3) is 0 Å². The molecular weight excluding hydrogens is 254 g/mol. The van der Waals surface area contributed by atoms with Crippen molar-refractivity contribution in [2.45, 2.75) is 47.2 Å². The molecule has 1 aromatic heterocycles. The molecule has 1 rings (SSSR count). The van der Waals surface area contributed by atoms with E-state index in [0.717, 1.165) is 16.8 Å². The Balaban J connectivity index is 2.64. The molecule has 5 nitrogen and oxygen atoms in total. The second-order valence-electron chi connectivity index (χ2n) is 5.39. The number of hydrogen-bond donors (Lipinski definition) is 2. The Morgan fingerprint density at radius 1 is 1.30 bits per heavy atom. The van der Waals surface area contributed by atoms with Gasteiger partial charge in [-0.3, -0.25) is 14.6 Å². The Kier molecular flexibility index (Phi) is 5.67. The van der Waals surface area contributed by atoms with Crippen LogP contribution in [0.2, 0.25) is 0 Å². The maximum atomic E-state index is 12.1. The Labute approximate surface area is 120 Å². The molecule has 5 heteroatoms. The molecule has 0 aliphatic heterocycles. The average molecular weight is 277 g/mol. The summed E-state index contributed by atoms with van der Waals surface area (Å²) in [7, 11) is 0. The minimum absolute atomic E-state index is 0.0387. The second kappa shape index (κ2) is 7.03. The van der Waals surface area contributed by atoms with E-state index in [0.29, 0.717) is 6.54 Å². The van der Waals surface area contributed by atoms with E-state index in [-0.39, 0.29) is 17.7 Å². The van der Waals surface area contributed by atoms with E-state index >= 15 is 0 Å². The molecule has 0 saturated carbocycles. The first-order chi connectivity index (χ1) is 9.31. The SMILES string of the molecule is CC(=O)N[C@@H](C(=O)NCc1cnc(C)c(C)c1)C(C)C. The highest BCUT2D eigenvalue weighted by Gasteiger charge is 2.22.